The molecule has 1 aromatic carbocycles. The first-order valence-corrected chi connectivity index (χ1v) is 6.65. The van der Waals surface area contributed by atoms with Crippen molar-refractivity contribution in [1.82, 2.24) is 0 Å². The van der Waals surface area contributed by atoms with Gasteiger partial charge >= 0.3 is 11.9 Å². The first-order chi connectivity index (χ1) is 9.82. The summed E-state index contributed by atoms with van der Waals surface area (Å²) in [6, 6.07) is 8.86. The highest BCUT2D eigenvalue weighted by atomic mass is 16.7. The molecule has 0 aliphatic carbocycles. The maximum absolute atomic E-state index is 11.9. The molecule has 21 heavy (non-hydrogen) atoms. The number of hydrogen-bond acceptors (Lipinski definition) is 4. The molecule has 0 atom stereocenters. The summed E-state index contributed by atoms with van der Waals surface area (Å²) in [5, 5.41) is 0. The number of rotatable bonds is 6. The van der Waals surface area contributed by atoms with E-state index in [9.17, 15) is 9.59 Å². The summed E-state index contributed by atoms with van der Waals surface area (Å²) in [6.07, 6.45) is 0.273. The molecule has 4 nitrogen and oxygen atoms in total. The van der Waals surface area contributed by atoms with E-state index in [-0.39, 0.29) is 17.6 Å². The Hall–Kier alpha value is -2.36. The predicted molar refractivity (Wildman–Crippen MR) is 80.2 cm³/mol. The Morgan fingerprint density at radius 3 is 1.76 bits per heavy atom. The van der Waals surface area contributed by atoms with Gasteiger partial charge in [-0.25, -0.2) is 9.59 Å². The van der Waals surface area contributed by atoms with E-state index in [2.05, 4.69) is 13.2 Å². The molecule has 0 fully saturated rings. The second kappa shape index (κ2) is 6.88. The lowest BCUT2D eigenvalue weighted by Gasteiger charge is -2.32. The number of carbonyl (C=O) groups is 2. The van der Waals surface area contributed by atoms with E-state index >= 15 is 0 Å². The highest BCUT2D eigenvalue weighted by Gasteiger charge is 2.39. The third-order valence-electron chi connectivity index (χ3n) is 2.89. The molecule has 0 aromatic heterocycles. The van der Waals surface area contributed by atoms with Crippen LogP contribution in [-0.2, 0) is 24.8 Å². The topological polar surface area (TPSA) is 52.6 Å². The number of esters is 2. The molecule has 0 saturated carbocycles. The lowest BCUT2D eigenvalue weighted by molar-refractivity contribution is -0.231. The van der Waals surface area contributed by atoms with Crippen LogP contribution in [0, 0.1) is 0 Å². The van der Waals surface area contributed by atoms with Crippen LogP contribution in [0.25, 0.3) is 0 Å². The predicted octanol–water partition coefficient (Wildman–Crippen LogP) is 3.49. The summed E-state index contributed by atoms with van der Waals surface area (Å²) < 4.78 is 10.9. The zero-order chi connectivity index (χ0) is 16.0. The SMILES string of the molecule is C=C(C)C(=O)OC(CC)(OC(=O)C(=C)C)c1ccccc1. The Labute approximate surface area is 125 Å². The minimum atomic E-state index is -1.48. The Morgan fingerprint density at radius 2 is 1.43 bits per heavy atom. The van der Waals surface area contributed by atoms with Gasteiger partial charge in [0.15, 0.2) is 0 Å². The molecule has 0 N–H and O–H groups in total. The van der Waals surface area contributed by atoms with Crippen LogP contribution in [0.1, 0.15) is 32.8 Å². The summed E-state index contributed by atoms with van der Waals surface area (Å²) in [7, 11) is 0. The summed E-state index contributed by atoms with van der Waals surface area (Å²) in [4.78, 5) is 23.8. The minimum absolute atomic E-state index is 0.232. The van der Waals surface area contributed by atoms with E-state index in [4.69, 9.17) is 9.47 Å². The maximum atomic E-state index is 11.9. The second-order valence-corrected chi connectivity index (χ2v) is 4.81. The van der Waals surface area contributed by atoms with Crippen LogP contribution in [0.15, 0.2) is 54.6 Å². The smallest absolute Gasteiger partial charge is 0.336 e. The number of carbonyl (C=O) groups excluding carboxylic acids is 2. The standard InChI is InChI=1S/C17H20O4/c1-6-17(20-15(18)12(2)3,21-16(19)13(4)5)14-10-8-7-9-11-14/h7-11H,2,4,6H2,1,3,5H3. The maximum Gasteiger partial charge on any atom is 0.336 e. The molecule has 0 aliphatic rings. The van der Waals surface area contributed by atoms with Crippen LogP contribution in [0.5, 0.6) is 0 Å². The van der Waals surface area contributed by atoms with Gasteiger partial charge < -0.3 is 9.47 Å². The Balaban J connectivity index is 3.24. The van der Waals surface area contributed by atoms with E-state index in [1.54, 1.807) is 31.2 Å². The monoisotopic (exact) mass is 288 g/mol. The second-order valence-electron chi connectivity index (χ2n) is 4.81. The Bertz CT molecular complexity index is 529. The van der Waals surface area contributed by atoms with Crippen molar-refractivity contribution in [3.63, 3.8) is 0 Å². The van der Waals surface area contributed by atoms with E-state index in [1.165, 1.54) is 13.8 Å². The first-order valence-electron chi connectivity index (χ1n) is 6.65. The Kier molecular flexibility index (Phi) is 5.47. The van der Waals surface area contributed by atoms with Crippen LogP contribution >= 0.6 is 0 Å². The minimum Gasteiger partial charge on any atom is -0.415 e. The quantitative estimate of drug-likeness (QED) is 0.457. The van der Waals surface area contributed by atoms with Gasteiger partial charge in [-0.2, -0.15) is 0 Å². The van der Waals surface area contributed by atoms with Gasteiger partial charge in [-0.3, -0.25) is 0 Å². The van der Waals surface area contributed by atoms with Crippen LogP contribution in [0.4, 0.5) is 0 Å². The molecule has 1 aromatic rings. The summed E-state index contributed by atoms with van der Waals surface area (Å²) >= 11 is 0. The fourth-order valence-electron chi connectivity index (χ4n) is 1.65. The molecule has 0 heterocycles. The van der Waals surface area contributed by atoms with Gasteiger partial charge in [0.1, 0.15) is 0 Å². The largest absolute Gasteiger partial charge is 0.415 e. The van der Waals surface area contributed by atoms with Crippen molar-refractivity contribution in [3.05, 3.63) is 60.2 Å². The molecule has 0 aliphatic heterocycles. The zero-order valence-electron chi connectivity index (χ0n) is 12.6. The van der Waals surface area contributed by atoms with Crippen molar-refractivity contribution in [2.24, 2.45) is 0 Å². The summed E-state index contributed by atoms with van der Waals surface area (Å²) in [5.74, 6) is -2.71. The van der Waals surface area contributed by atoms with Crippen molar-refractivity contribution in [3.8, 4) is 0 Å². The number of ether oxygens (including phenoxy) is 2. The molecule has 0 spiro atoms. The van der Waals surface area contributed by atoms with Crippen LogP contribution < -0.4 is 0 Å². The van der Waals surface area contributed by atoms with E-state index in [1.807, 2.05) is 6.07 Å². The van der Waals surface area contributed by atoms with E-state index in [0.717, 1.165) is 0 Å². The number of benzene rings is 1. The Morgan fingerprint density at radius 1 is 1.00 bits per heavy atom. The third-order valence-corrected chi connectivity index (χ3v) is 2.89. The molecule has 0 saturated heterocycles. The van der Waals surface area contributed by atoms with E-state index in [0.29, 0.717) is 5.56 Å². The van der Waals surface area contributed by atoms with Crippen molar-refractivity contribution in [2.45, 2.75) is 33.0 Å². The summed E-state index contributed by atoms with van der Waals surface area (Å²) in [5.41, 5.74) is 1.04. The molecule has 4 heteroatoms. The van der Waals surface area contributed by atoms with Gasteiger partial charge in [-0.15, -0.1) is 0 Å². The van der Waals surface area contributed by atoms with Gasteiger partial charge in [-0.1, -0.05) is 50.4 Å². The van der Waals surface area contributed by atoms with Crippen molar-refractivity contribution in [1.29, 1.82) is 0 Å². The van der Waals surface area contributed by atoms with Crippen LogP contribution in [0.2, 0.25) is 0 Å². The molecule has 0 bridgehead atoms. The zero-order valence-corrected chi connectivity index (χ0v) is 12.6. The third kappa shape index (κ3) is 4.05. The van der Waals surface area contributed by atoms with Gasteiger partial charge in [-0.05, 0) is 13.8 Å². The van der Waals surface area contributed by atoms with Crippen LogP contribution in [0.3, 0.4) is 0 Å². The fourth-order valence-corrected chi connectivity index (χ4v) is 1.65. The van der Waals surface area contributed by atoms with Crippen molar-refractivity contribution < 1.29 is 19.1 Å². The normalized spacial score (nSPS) is 10.6. The molecule has 112 valence electrons. The lowest BCUT2D eigenvalue weighted by atomic mass is 10.0. The molecule has 1 rings (SSSR count). The molecular formula is C17H20O4. The fraction of sp³-hybridized carbons (Fsp3) is 0.294. The summed E-state index contributed by atoms with van der Waals surface area (Å²) in [6.45, 7) is 11.9. The highest BCUT2D eigenvalue weighted by molar-refractivity contribution is 5.89. The molecule has 0 radical (unpaired) electrons. The van der Waals surface area contributed by atoms with Gasteiger partial charge in [0, 0.05) is 23.1 Å². The van der Waals surface area contributed by atoms with Crippen molar-refractivity contribution >= 4 is 11.9 Å². The average molecular weight is 288 g/mol. The van der Waals surface area contributed by atoms with Gasteiger partial charge in [0.2, 0.25) is 0 Å². The highest BCUT2D eigenvalue weighted by Crippen LogP contribution is 2.32. The van der Waals surface area contributed by atoms with Gasteiger partial charge in [0.05, 0.1) is 0 Å². The van der Waals surface area contributed by atoms with Gasteiger partial charge in [0.25, 0.3) is 5.79 Å². The first kappa shape index (κ1) is 16.7. The van der Waals surface area contributed by atoms with Crippen molar-refractivity contribution in [2.75, 3.05) is 0 Å². The molecular weight excluding hydrogens is 268 g/mol. The average Bonchev–Trinajstić information content (AvgIpc) is 2.46. The lowest BCUT2D eigenvalue weighted by Crippen LogP contribution is -2.37. The van der Waals surface area contributed by atoms with Crippen LogP contribution in [-0.4, -0.2) is 11.9 Å². The van der Waals surface area contributed by atoms with E-state index < -0.39 is 17.7 Å². The molecule has 0 amide bonds. The molecule has 0 unspecified atom stereocenters. The number of hydrogen-bond donors (Lipinski definition) is 0.